The summed E-state index contributed by atoms with van der Waals surface area (Å²) in [5.74, 6) is -0.266. The van der Waals surface area contributed by atoms with E-state index < -0.39 is 18.3 Å². The van der Waals surface area contributed by atoms with Crippen molar-refractivity contribution in [1.82, 2.24) is 0 Å². The van der Waals surface area contributed by atoms with Crippen LogP contribution in [-0.4, -0.2) is 22.1 Å². The Balaban J connectivity index is 2.25. The zero-order valence-electron chi connectivity index (χ0n) is 14.7. The number of carbonyl (C=O) groups is 2. The highest BCUT2D eigenvalue weighted by molar-refractivity contribution is 9.10. The Kier molecular flexibility index (Phi) is 6.26. The van der Waals surface area contributed by atoms with Crippen LogP contribution in [0, 0.1) is 6.92 Å². The number of halogens is 1. The number of phenolic OH excluding ortho intramolecular Hbond substituents is 1. The van der Waals surface area contributed by atoms with Gasteiger partial charge in [-0.05, 0) is 64.7 Å². The number of aryl methyl sites for hydroxylation is 1. The van der Waals surface area contributed by atoms with Crippen LogP contribution in [0.5, 0.6) is 17.2 Å². The zero-order valence-corrected chi connectivity index (χ0v) is 16.3. The van der Waals surface area contributed by atoms with Gasteiger partial charge in [0.15, 0.2) is 0 Å². The normalized spacial score (nSPS) is 10.7. The molecular weight excluding hydrogens is 402 g/mol. The van der Waals surface area contributed by atoms with Gasteiger partial charge in [0, 0.05) is 11.3 Å². The minimum Gasteiger partial charge on any atom is -0.508 e. The number of aliphatic carboxylic acids is 1. The van der Waals surface area contributed by atoms with Crippen molar-refractivity contribution in [3.05, 3.63) is 45.9 Å². The number of nitrogens with one attached hydrogen (secondary N) is 1. The SMILES string of the molecule is Cc1cc(NC(=O)CC(=O)O)cc(Br)c1Oc1ccc(O)c(C(C)C)c1. The lowest BCUT2D eigenvalue weighted by Crippen LogP contribution is -2.16. The van der Waals surface area contributed by atoms with Crippen LogP contribution in [0.1, 0.15) is 37.3 Å². The van der Waals surface area contributed by atoms with Crippen molar-refractivity contribution < 1.29 is 24.5 Å². The third-order valence-corrected chi connectivity index (χ3v) is 4.25. The van der Waals surface area contributed by atoms with E-state index >= 15 is 0 Å². The molecule has 1 amide bonds. The maximum Gasteiger partial charge on any atom is 0.312 e. The lowest BCUT2D eigenvalue weighted by atomic mass is 10.0. The van der Waals surface area contributed by atoms with Crippen molar-refractivity contribution >= 4 is 33.5 Å². The van der Waals surface area contributed by atoms with Crippen molar-refractivity contribution in [1.29, 1.82) is 0 Å². The number of anilines is 1. The van der Waals surface area contributed by atoms with Crippen molar-refractivity contribution in [2.75, 3.05) is 5.32 Å². The number of carboxylic acid groups (broad SMARTS) is 1. The van der Waals surface area contributed by atoms with Gasteiger partial charge in [0.2, 0.25) is 5.91 Å². The smallest absolute Gasteiger partial charge is 0.312 e. The first-order valence-corrected chi connectivity index (χ1v) is 8.79. The Hall–Kier alpha value is -2.54. The summed E-state index contributed by atoms with van der Waals surface area (Å²) in [6.45, 7) is 5.78. The molecule has 2 aromatic rings. The highest BCUT2D eigenvalue weighted by Gasteiger charge is 2.14. The van der Waals surface area contributed by atoms with Gasteiger partial charge in [-0.2, -0.15) is 0 Å². The molecule has 0 atom stereocenters. The van der Waals surface area contributed by atoms with E-state index in [1.807, 2.05) is 20.8 Å². The van der Waals surface area contributed by atoms with E-state index in [4.69, 9.17) is 9.84 Å². The number of aromatic hydroxyl groups is 1. The molecule has 0 radical (unpaired) electrons. The molecule has 0 saturated heterocycles. The second-order valence-electron chi connectivity index (χ2n) is 6.20. The van der Waals surface area contributed by atoms with Gasteiger partial charge < -0.3 is 20.3 Å². The Morgan fingerprint density at radius 3 is 2.50 bits per heavy atom. The van der Waals surface area contributed by atoms with Crippen LogP contribution in [0.2, 0.25) is 0 Å². The molecule has 138 valence electrons. The molecule has 2 rings (SSSR count). The molecule has 0 aromatic heterocycles. The second kappa shape index (κ2) is 8.23. The summed E-state index contributed by atoms with van der Waals surface area (Å²) in [6.07, 6.45) is -0.597. The summed E-state index contributed by atoms with van der Waals surface area (Å²) in [7, 11) is 0. The molecule has 0 fully saturated rings. The summed E-state index contributed by atoms with van der Waals surface area (Å²) in [6, 6.07) is 8.40. The maximum absolute atomic E-state index is 11.6. The highest BCUT2D eigenvalue weighted by Crippen LogP contribution is 2.37. The summed E-state index contributed by atoms with van der Waals surface area (Å²) in [5, 5.41) is 21.1. The lowest BCUT2D eigenvalue weighted by molar-refractivity contribution is -0.139. The van der Waals surface area contributed by atoms with E-state index in [0.717, 1.165) is 11.1 Å². The van der Waals surface area contributed by atoms with E-state index in [2.05, 4.69) is 21.2 Å². The first-order chi connectivity index (χ1) is 12.2. The van der Waals surface area contributed by atoms with Crippen LogP contribution >= 0.6 is 15.9 Å². The minimum atomic E-state index is -1.19. The molecule has 0 aliphatic carbocycles. The number of carboxylic acids is 1. The van der Waals surface area contributed by atoms with Crippen molar-refractivity contribution in [3.63, 3.8) is 0 Å². The summed E-state index contributed by atoms with van der Waals surface area (Å²) < 4.78 is 6.56. The van der Waals surface area contributed by atoms with Gasteiger partial charge in [-0.15, -0.1) is 0 Å². The summed E-state index contributed by atoms with van der Waals surface area (Å²) in [5.41, 5.74) is 2.01. The molecule has 0 aliphatic heterocycles. The molecule has 0 heterocycles. The standard InChI is InChI=1S/C19H20BrNO5/c1-10(2)14-8-13(4-5-16(14)22)26-19-11(3)6-12(7-15(19)20)21-17(23)9-18(24)25/h4-8,10,22H,9H2,1-3H3,(H,21,23)(H,24,25). The molecular formula is C19H20BrNO5. The van der Waals surface area contributed by atoms with Crippen molar-refractivity contribution in [2.24, 2.45) is 0 Å². The Labute approximate surface area is 159 Å². The van der Waals surface area contributed by atoms with Crippen LogP contribution in [0.3, 0.4) is 0 Å². The predicted molar refractivity (Wildman–Crippen MR) is 102 cm³/mol. The largest absolute Gasteiger partial charge is 0.508 e. The second-order valence-corrected chi connectivity index (χ2v) is 7.05. The van der Waals surface area contributed by atoms with Gasteiger partial charge >= 0.3 is 5.97 Å². The first kappa shape index (κ1) is 19.8. The van der Waals surface area contributed by atoms with E-state index in [1.165, 1.54) is 0 Å². The van der Waals surface area contributed by atoms with Crippen LogP contribution in [0.4, 0.5) is 5.69 Å². The van der Waals surface area contributed by atoms with Gasteiger partial charge in [-0.25, -0.2) is 0 Å². The first-order valence-electron chi connectivity index (χ1n) is 8.00. The van der Waals surface area contributed by atoms with Crippen LogP contribution in [0.15, 0.2) is 34.8 Å². The van der Waals surface area contributed by atoms with Gasteiger partial charge in [-0.3, -0.25) is 9.59 Å². The monoisotopic (exact) mass is 421 g/mol. The van der Waals surface area contributed by atoms with Crippen LogP contribution in [0.25, 0.3) is 0 Å². The quantitative estimate of drug-likeness (QED) is 0.582. The lowest BCUT2D eigenvalue weighted by Gasteiger charge is -2.15. The average Bonchev–Trinajstić information content (AvgIpc) is 2.51. The Morgan fingerprint density at radius 2 is 1.92 bits per heavy atom. The number of benzene rings is 2. The Bertz CT molecular complexity index is 825. The highest BCUT2D eigenvalue weighted by atomic mass is 79.9. The van der Waals surface area contributed by atoms with Crippen LogP contribution in [-0.2, 0) is 9.59 Å². The minimum absolute atomic E-state index is 0.148. The summed E-state index contributed by atoms with van der Waals surface area (Å²) in [4.78, 5) is 22.2. The topological polar surface area (TPSA) is 95.9 Å². The molecule has 2 aromatic carbocycles. The van der Waals surface area contributed by atoms with Gasteiger partial charge in [0.05, 0.1) is 4.47 Å². The van der Waals surface area contributed by atoms with E-state index in [-0.39, 0.29) is 11.7 Å². The van der Waals surface area contributed by atoms with Gasteiger partial charge in [0.1, 0.15) is 23.7 Å². The molecule has 0 aliphatic rings. The van der Waals surface area contributed by atoms with Gasteiger partial charge in [0.25, 0.3) is 0 Å². The molecule has 26 heavy (non-hydrogen) atoms. The number of carbonyl (C=O) groups excluding carboxylic acids is 1. The third kappa shape index (κ3) is 4.98. The number of ether oxygens (including phenoxy) is 1. The van der Waals surface area contributed by atoms with Crippen molar-refractivity contribution in [2.45, 2.75) is 33.1 Å². The van der Waals surface area contributed by atoms with E-state index in [0.29, 0.717) is 21.7 Å². The number of phenols is 1. The Morgan fingerprint density at radius 1 is 1.23 bits per heavy atom. The van der Waals surface area contributed by atoms with Crippen molar-refractivity contribution in [3.8, 4) is 17.2 Å². The number of amides is 1. The molecule has 0 spiro atoms. The molecule has 0 bridgehead atoms. The fourth-order valence-corrected chi connectivity index (χ4v) is 3.09. The number of rotatable bonds is 6. The fourth-order valence-electron chi connectivity index (χ4n) is 2.45. The number of hydrogen-bond acceptors (Lipinski definition) is 4. The molecule has 3 N–H and O–H groups in total. The maximum atomic E-state index is 11.6. The fraction of sp³-hybridized carbons (Fsp3) is 0.263. The van der Waals surface area contributed by atoms with Gasteiger partial charge in [-0.1, -0.05) is 13.8 Å². The molecule has 0 unspecified atom stereocenters. The molecule has 6 nitrogen and oxygen atoms in total. The van der Waals surface area contributed by atoms with E-state index in [9.17, 15) is 14.7 Å². The summed E-state index contributed by atoms with van der Waals surface area (Å²) >= 11 is 3.42. The third-order valence-electron chi connectivity index (χ3n) is 3.67. The van der Waals surface area contributed by atoms with Crippen LogP contribution < -0.4 is 10.1 Å². The molecule has 0 saturated carbocycles. The average molecular weight is 422 g/mol. The molecule has 7 heteroatoms. The predicted octanol–water partition coefficient (Wildman–Crippen LogP) is 4.79. The number of hydrogen-bond donors (Lipinski definition) is 3. The van der Waals surface area contributed by atoms with E-state index in [1.54, 1.807) is 30.3 Å². The zero-order chi connectivity index (χ0) is 19.4.